The fourth-order valence-electron chi connectivity index (χ4n) is 3.60. The van der Waals surface area contributed by atoms with Crippen LogP contribution in [0.25, 0.3) is 0 Å². The van der Waals surface area contributed by atoms with Crippen LogP contribution < -0.4 is 0 Å². The number of thiazole rings is 1. The standard InChI is InChI=1S/C15H20N2O3S/c1-8(18)13-12(15(19)20-3)16-14(21-13)9-6-10-4-5-11(7-9)17(10)2/h9-11H,4-7H2,1-3H3. The molecule has 2 aliphatic rings. The number of rotatable bonds is 3. The number of nitrogens with zero attached hydrogens (tertiary/aromatic N) is 2. The van der Waals surface area contributed by atoms with Gasteiger partial charge in [0.15, 0.2) is 11.5 Å². The molecule has 2 unspecified atom stereocenters. The SMILES string of the molecule is COC(=O)c1nc(C2CC3CCC(C2)N3C)sc1C(C)=O. The van der Waals surface area contributed by atoms with Gasteiger partial charge in [0.05, 0.1) is 12.1 Å². The maximum absolute atomic E-state index is 11.8. The molecule has 3 rings (SSSR count). The quantitative estimate of drug-likeness (QED) is 0.634. The van der Waals surface area contributed by atoms with Gasteiger partial charge < -0.3 is 9.64 Å². The fourth-order valence-corrected chi connectivity index (χ4v) is 4.67. The summed E-state index contributed by atoms with van der Waals surface area (Å²) in [6.07, 6.45) is 4.62. The Morgan fingerprint density at radius 3 is 2.43 bits per heavy atom. The highest BCUT2D eigenvalue weighted by atomic mass is 32.1. The Morgan fingerprint density at radius 1 is 1.29 bits per heavy atom. The van der Waals surface area contributed by atoms with Crippen molar-refractivity contribution in [1.82, 2.24) is 9.88 Å². The Morgan fingerprint density at radius 2 is 1.90 bits per heavy atom. The van der Waals surface area contributed by atoms with E-state index in [0.717, 1.165) is 17.8 Å². The normalized spacial score (nSPS) is 28.6. The molecule has 2 aliphatic heterocycles. The average Bonchev–Trinajstić information content (AvgIpc) is 2.97. The Bertz CT molecular complexity index is 569. The summed E-state index contributed by atoms with van der Waals surface area (Å²) in [6, 6.07) is 1.22. The molecule has 0 N–H and O–H groups in total. The van der Waals surface area contributed by atoms with E-state index in [1.165, 1.54) is 38.2 Å². The summed E-state index contributed by atoms with van der Waals surface area (Å²) in [6.45, 7) is 1.47. The van der Waals surface area contributed by atoms with Gasteiger partial charge in [-0.15, -0.1) is 11.3 Å². The smallest absolute Gasteiger partial charge is 0.358 e. The van der Waals surface area contributed by atoms with Crippen molar-refractivity contribution in [3.8, 4) is 0 Å². The van der Waals surface area contributed by atoms with Crippen molar-refractivity contribution >= 4 is 23.1 Å². The molecule has 5 nitrogen and oxygen atoms in total. The molecule has 6 heteroatoms. The van der Waals surface area contributed by atoms with Crippen LogP contribution in [0.1, 0.15) is 63.7 Å². The second kappa shape index (κ2) is 5.50. The predicted molar refractivity (Wildman–Crippen MR) is 80.0 cm³/mol. The first kappa shape index (κ1) is 14.7. The fraction of sp³-hybridized carbons (Fsp3) is 0.667. The van der Waals surface area contributed by atoms with Crippen LogP contribution in [0, 0.1) is 0 Å². The Kier molecular flexibility index (Phi) is 3.84. The molecule has 21 heavy (non-hydrogen) atoms. The highest BCUT2D eigenvalue weighted by molar-refractivity contribution is 7.14. The van der Waals surface area contributed by atoms with E-state index in [-0.39, 0.29) is 11.5 Å². The van der Waals surface area contributed by atoms with E-state index in [0.29, 0.717) is 22.9 Å². The van der Waals surface area contributed by atoms with Crippen LogP contribution >= 0.6 is 11.3 Å². The lowest BCUT2D eigenvalue weighted by molar-refractivity contribution is 0.0591. The molecule has 114 valence electrons. The molecule has 2 fully saturated rings. The van der Waals surface area contributed by atoms with Crippen LogP contribution in [0.4, 0.5) is 0 Å². The number of ketones is 1. The number of aromatic nitrogens is 1. The van der Waals surface area contributed by atoms with Crippen LogP contribution in [-0.4, -0.2) is 47.9 Å². The first-order valence-electron chi connectivity index (χ1n) is 7.33. The third kappa shape index (κ3) is 2.51. The maximum atomic E-state index is 11.8. The monoisotopic (exact) mass is 308 g/mol. The lowest BCUT2D eigenvalue weighted by Crippen LogP contribution is -2.39. The van der Waals surface area contributed by atoms with E-state index >= 15 is 0 Å². The third-order valence-corrected chi connectivity index (χ3v) is 6.11. The van der Waals surface area contributed by atoms with E-state index in [1.54, 1.807) is 0 Å². The molecule has 0 amide bonds. The number of hydrogen-bond donors (Lipinski definition) is 0. The predicted octanol–water partition coefficient (Wildman–Crippen LogP) is 2.47. The summed E-state index contributed by atoms with van der Waals surface area (Å²) >= 11 is 1.37. The van der Waals surface area contributed by atoms with Crippen LogP contribution in [0.15, 0.2) is 0 Å². The molecule has 2 bridgehead atoms. The van der Waals surface area contributed by atoms with E-state index < -0.39 is 5.97 Å². The van der Waals surface area contributed by atoms with Crippen LogP contribution in [0.3, 0.4) is 0 Å². The van der Waals surface area contributed by atoms with Crippen LogP contribution in [0.2, 0.25) is 0 Å². The number of carbonyl (C=O) groups is 2. The average molecular weight is 308 g/mol. The minimum Gasteiger partial charge on any atom is -0.464 e. The summed E-state index contributed by atoms with van der Waals surface area (Å²) < 4.78 is 4.74. The van der Waals surface area contributed by atoms with E-state index in [9.17, 15) is 9.59 Å². The van der Waals surface area contributed by atoms with Gasteiger partial charge in [-0.2, -0.15) is 0 Å². The first-order valence-corrected chi connectivity index (χ1v) is 8.14. The highest BCUT2D eigenvalue weighted by Gasteiger charge is 2.40. The van der Waals surface area contributed by atoms with Gasteiger partial charge in [-0.05, 0) is 32.7 Å². The Labute approximate surface area is 128 Å². The number of Topliss-reactive ketones (excluding diaryl/α,β-unsaturated/α-hetero) is 1. The highest BCUT2D eigenvalue weighted by Crippen LogP contribution is 2.43. The minimum atomic E-state index is -0.515. The van der Waals surface area contributed by atoms with Crippen molar-refractivity contribution in [2.75, 3.05) is 14.2 Å². The molecular weight excluding hydrogens is 288 g/mol. The summed E-state index contributed by atoms with van der Waals surface area (Å²) in [5.41, 5.74) is 0.191. The van der Waals surface area contributed by atoms with Gasteiger partial charge in [-0.25, -0.2) is 9.78 Å². The van der Waals surface area contributed by atoms with Crippen molar-refractivity contribution in [2.24, 2.45) is 0 Å². The molecule has 0 radical (unpaired) electrons. The van der Waals surface area contributed by atoms with E-state index in [2.05, 4.69) is 16.9 Å². The second-order valence-corrected chi connectivity index (χ2v) is 7.03. The number of hydrogen-bond acceptors (Lipinski definition) is 6. The number of piperidine rings is 1. The Hall–Kier alpha value is -1.27. The number of esters is 1. The molecular formula is C15H20N2O3S. The van der Waals surface area contributed by atoms with Crippen molar-refractivity contribution in [3.63, 3.8) is 0 Å². The first-order chi connectivity index (χ1) is 10.0. The molecule has 0 aliphatic carbocycles. The second-order valence-electron chi connectivity index (χ2n) is 6.00. The van der Waals surface area contributed by atoms with Crippen molar-refractivity contribution in [3.05, 3.63) is 15.6 Å². The van der Waals surface area contributed by atoms with Crippen LogP contribution in [-0.2, 0) is 4.74 Å². The van der Waals surface area contributed by atoms with Crippen molar-refractivity contribution < 1.29 is 14.3 Å². The molecule has 3 heterocycles. The third-order valence-electron chi connectivity index (χ3n) is 4.79. The number of ether oxygens (including phenoxy) is 1. The van der Waals surface area contributed by atoms with Gasteiger partial charge in [0.25, 0.3) is 0 Å². The van der Waals surface area contributed by atoms with Gasteiger partial charge in [0.1, 0.15) is 4.88 Å². The molecule has 1 aromatic heterocycles. The van der Waals surface area contributed by atoms with Crippen molar-refractivity contribution in [1.29, 1.82) is 0 Å². The van der Waals surface area contributed by atoms with Gasteiger partial charge in [-0.1, -0.05) is 0 Å². The lowest BCUT2D eigenvalue weighted by atomic mass is 9.92. The molecule has 2 atom stereocenters. The zero-order valence-corrected chi connectivity index (χ0v) is 13.4. The van der Waals surface area contributed by atoms with E-state index in [4.69, 9.17) is 4.74 Å². The Balaban J connectivity index is 1.89. The van der Waals surface area contributed by atoms with Crippen molar-refractivity contribution in [2.45, 2.75) is 50.6 Å². The largest absolute Gasteiger partial charge is 0.464 e. The molecule has 0 aromatic carbocycles. The molecule has 1 aromatic rings. The topological polar surface area (TPSA) is 59.5 Å². The van der Waals surface area contributed by atoms with Gasteiger partial charge in [-0.3, -0.25) is 4.79 Å². The zero-order chi connectivity index (χ0) is 15.1. The van der Waals surface area contributed by atoms with Gasteiger partial charge in [0, 0.05) is 24.9 Å². The van der Waals surface area contributed by atoms with E-state index in [1.807, 2.05) is 0 Å². The number of fused-ring (bicyclic) bond motifs is 2. The van der Waals surface area contributed by atoms with Gasteiger partial charge in [0.2, 0.25) is 0 Å². The number of carbonyl (C=O) groups excluding carboxylic acids is 2. The summed E-state index contributed by atoms with van der Waals surface area (Å²) in [4.78, 5) is 30.9. The lowest BCUT2D eigenvalue weighted by Gasteiger charge is -2.35. The minimum absolute atomic E-state index is 0.116. The van der Waals surface area contributed by atoms with Gasteiger partial charge >= 0.3 is 5.97 Å². The summed E-state index contributed by atoms with van der Waals surface area (Å²) in [5, 5.41) is 0.922. The maximum Gasteiger partial charge on any atom is 0.358 e. The number of methoxy groups -OCH3 is 1. The zero-order valence-electron chi connectivity index (χ0n) is 12.6. The van der Waals surface area contributed by atoms with Crippen LogP contribution in [0.5, 0.6) is 0 Å². The molecule has 2 saturated heterocycles. The molecule has 0 spiro atoms. The summed E-state index contributed by atoms with van der Waals surface area (Å²) in [5.74, 6) is -0.270. The molecule has 0 saturated carbocycles. The summed E-state index contributed by atoms with van der Waals surface area (Å²) in [7, 11) is 3.52.